The number of nitrogens with one attached hydrogen (secondary N) is 1. The fraction of sp³-hybridized carbons (Fsp3) is 1.00. The van der Waals surface area contributed by atoms with Crippen LogP contribution in [0.2, 0.25) is 0 Å². The molecule has 0 heterocycles. The largest absolute Gasteiger partial charge is 0.392 e. The highest BCUT2D eigenvalue weighted by Crippen LogP contribution is 2.48. The van der Waals surface area contributed by atoms with Gasteiger partial charge in [0.25, 0.3) is 0 Å². The van der Waals surface area contributed by atoms with Crippen molar-refractivity contribution in [3.8, 4) is 0 Å². The van der Waals surface area contributed by atoms with Crippen LogP contribution >= 0.6 is 0 Å². The first-order valence-electron chi connectivity index (χ1n) is 7.24. The van der Waals surface area contributed by atoms with Crippen molar-refractivity contribution in [2.45, 2.75) is 63.5 Å². The topological polar surface area (TPSA) is 32.3 Å². The first-order chi connectivity index (χ1) is 7.83. The molecule has 5 atom stereocenters. The minimum absolute atomic E-state index is 0.0765. The van der Waals surface area contributed by atoms with Gasteiger partial charge in [-0.3, -0.25) is 0 Å². The van der Waals surface area contributed by atoms with Crippen molar-refractivity contribution in [3.05, 3.63) is 0 Å². The third-order valence-electron chi connectivity index (χ3n) is 5.26. The van der Waals surface area contributed by atoms with Gasteiger partial charge in [0.05, 0.1) is 6.10 Å². The van der Waals surface area contributed by atoms with Gasteiger partial charge in [0.2, 0.25) is 0 Å². The molecule has 2 bridgehead atoms. The van der Waals surface area contributed by atoms with Gasteiger partial charge >= 0.3 is 0 Å². The van der Waals surface area contributed by atoms with Gasteiger partial charge in [-0.25, -0.2) is 0 Å². The third-order valence-corrected chi connectivity index (χ3v) is 5.26. The van der Waals surface area contributed by atoms with E-state index in [2.05, 4.69) is 5.32 Å². The smallest absolute Gasteiger partial charge is 0.0693 e. The summed E-state index contributed by atoms with van der Waals surface area (Å²) in [4.78, 5) is 0. The number of hydrogen-bond donors (Lipinski definition) is 2. The van der Waals surface area contributed by atoms with Crippen LogP contribution in [0.3, 0.4) is 0 Å². The van der Waals surface area contributed by atoms with Crippen molar-refractivity contribution < 1.29 is 5.11 Å². The van der Waals surface area contributed by atoms with E-state index in [0.717, 1.165) is 24.2 Å². The van der Waals surface area contributed by atoms with Crippen LogP contribution in [0, 0.1) is 17.8 Å². The van der Waals surface area contributed by atoms with Crippen molar-refractivity contribution in [2.24, 2.45) is 17.8 Å². The number of fused-ring (bicyclic) bond motifs is 2. The highest BCUT2D eigenvalue weighted by Gasteiger charge is 2.39. The molecule has 2 N–H and O–H groups in total. The summed E-state index contributed by atoms with van der Waals surface area (Å²) in [6.07, 6.45) is 10.6. The van der Waals surface area contributed by atoms with Crippen molar-refractivity contribution in [1.82, 2.24) is 5.32 Å². The van der Waals surface area contributed by atoms with Gasteiger partial charge in [-0.2, -0.15) is 0 Å². The van der Waals surface area contributed by atoms with Gasteiger partial charge in [0, 0.05) is 6.04 Å². The summed E-state index contributed by atoms with van der Waals surface area (Å²) in [5, 5.41) is 13.6. The number of hydrogen-bond acceptors (Lipinski definition) is 2. The Labute approximate surface area is 98.8 Å². The Bertz CT molecular complexity index is 241. The Balaban J connectivity index is 1.45. The molecule has 92 valence electrons. The maximum Gasteiger partial charge on any atom is 0.0693 e. The summed E-state index contributed by atoms with van der Waals surface area (Å²) in [5.74, 6) is 2.99. The van der Waals surface area contributed by atoms with Gasteiger partial charge < -0.3 is 10.4 Å². The molecule has 3 fully saturated rings. The summed E-state index contributed by atoms with van der Waals surface area (Å²) in [6.45, 7) is 1.17. The molecule has 0 spiro atoms. The minimum atomic E-state index is -0.0765. The molecule has 0 radical (unpaired) electrons. The molecule has 3 saturated carbocycles. The monoisotopic (exact) mass is 223 g/mol. The summed E-state index contributed by atoms with van der Waals surface area (Å²) >= 11 is 0. The normalized spacial score (nSPS) is 47.4. The zero-order chi connectivity index (χ0) is 11.0. The molecular weight excluding hydrogens is 198 g/mol. The van der Waals surface area contributed by atoms with E-state index < -0.39 is 0 Å². The van der Waals surface area contributed by atoms with E-state index in [1.165, 1.54) is 51.5 Å². The van der Waals surface area contributed by atoms with E-state index in [4.69, 9.17) is 0 Å². The summed E-state index contributed by atoms with van der Waals surface area (Å²) in [7, 11) is 0. The van der Waals surface area contributed by atoms with Crippen LogP contribution in [0.4, 0.5) is 0 Å². The molecule has 2 nitrogen and oxygen atoms in total. The standard InChI is InChI=1S/C14H25NO/c16-14-4-2-1-3-13(14)15-9-12-8-10-5-6-11(12)7-10/h10-16H,1-9H2. The minimum Gasteiger partial charge on any atom is -0.392 e. The molecule has 0 amide bonds. The molecule has 2 heteroatoms. The Hall–Kier alpha value is -0.0800. The fourth-order valence-electron chi connectivity index (χ4n) is 4.28. The Morgan fingerprint density at radius 1 is 1.00 bits per heavy atom. The van der Waals surface area contributed by atoms with Gasteiger partial charge in [-0.15, -0.1) is 0 Å². The van der Waals surface area contributed by atoms with Crippen LogP contribution in [0.1, 0.15) is 51.4 Å². The lowest BCUT2D eigenvalue weighted by Crippen LogP contribution is -2.44. The summed E-state index contributed by atoms with van der Waals surface area (Å²) in [6, 6.07) is 0.396. The second kappa shape index (κ2) is 4.66. The third kappa shape index (κ3) is 2.14. The van der Waals surface area contributed by atoms with Crippen molar-refractivity contribution in [1.29, 1.82) is 0 Å². The molecule has 5 unspecified atom stereocenters. The number of aliphatic hydroxyl groups excluding tert-OH is 1. The van der Waals surface area contributed by atoms with E-state index in [1.807, 2.05) is 0 Å². The molecule has 0 aliphatic heterocycles. The molecule has 0 aromatic carbocycles. The van der Waals surface area contributed by atoms with Crippen LogP contribution < -0.4 is 5.32 Å². The number of rotatable bonds is 3. The van der Waals surface area contributed by atoms with Crippen LogP contribution in [0.5, 0.6) is 0 Å². The van der Waals surface area contributed by atoms with Gasteiger partial charge in [-0.1, -0.05) is 19.3 Å². The zero-order valence-corrected chi connectivity index (χ0v) is 10.2. The molecule has 3 aliphatic rings. The molecule has 0 saturated heterocycles. The first-order valence-corrected chi connectivity index (χ1v) is 7.24. The second-order valence-electron chi connectivity index (χ2n) is 6.30. The molecule has 16 heavy (non-hydrogen) atoms. The molecule has 3 aliphatic carbocycles. The maximum atomic E-state index is 9.91. The van der Waals surface area contributed by atoms with E-state index in [0.29, 0.717) is 6.04 Å². The second-order valence-corrected chi connectivity index (χ2v) is 6.30. The quantitative estimate of drug-likeness (QED) is 0.769. The Morgan fingerprint density at radius 2 is 1.88 bits per heavy atom. The average Bonchev–Trinajstić information content (AvgIpc) is 2.90. The van der Waals surface area contributed by atoms with Crippen molar-refractivity contribution >= 4 is 0 Å². The highest BCUT2D eigenvalue weighted by molar-refractivity contribution is 4.92. The lowest BCUT2D eigenvalue weighted by molar-refractivity contribution is 0.0869. The number of aliphatic hydroxyl groups is 1. The van der Waals surface area contributed by atoms with Crippen LogP contribution in [0.15, 0.2) is 0 Å². The molecule has 3 rings (SSSR count). The van der Waals surface area contributed by atoms with Crippen molar-refractivity contribution in [3.63, 3.8) is 0 Å². The van der Waals surface area contributed by atoms with Crippen LogP contribution in [-0.4, -0.2) is 23.8 Å². The van der Waals surface area contributed by atoms with E-state index in [9.17, 15) is 5.11 Å². The van der Waals surface area contributed by atoms with Gasteiger partial charge in [0.1, 0.15) is 0 Å². The predicted octanol–water partition coefficient (Wildman–Crippen LogP) is 2.32. The van der Waals surface area contributed by atoms with E-state index in [-0.39, 0.29) is 6.10 Å². The maximum absolute atomic E-state index is 9.91. The molecular formula is C14H25NO. The van der Waals surface area contributed by atoms with Crippen LogP contribution in [-0.2, 0) is 0 Å². The summed E-state index contributed by atoms with van der Waals surface area (Å²) < 4.78 is 0. The highest BCUT2D eigenvalue weighted by atomic mass is 16.3. The predicted molar refractivity (Wildman–Crippen MR) is 65.2 cm³/mol. The Kier molecular flexibility index (Phi) is 3.21. The van der Waals surface area contributed by atoms with Crippen LogP contribution in [0.25, 0.3) is 0 Å². The zero-order valence-electron chi connectivity index (χ0n) is 10.2. The summed E-state index contributed by atoms with van der Waals surface area (Å²) in [5.41, 5.74) is 0. The Morgan fingerprint density at radius 3 is 2.56 bits per heavy atom. The first kappa shape index (κ1) is 11.0. The molecule has 0 aromatic heterocycles. The van der Waals surface area contributed by atoms with E-state index in [1.54, 1.807) is 0 Å². The van der Waals surface area contributed by atoms with Crippen molar-refractivity contribution in [2.75, 3.05) is 6.54 Å². The fourth-order valence-corrected chi connectivity index (χ4v) is 4.28. The van der Waals surface area contributed by atoms with Gasteiger partial charge in [-0.05, 0) is 56.4 Å². The average molecular weight is 223 g/mol. The van der Waals surface area contributed by atoms with Gasteiger partial charge in [0.15, 0.2) is 0 Å². The molecule has 0 aromatic rings. The van der Waals surface area contributed by atoms with E-state index >= 15 is 0 Å². The SMILES string of the molecule is OC1CCCCC1NCC1CC2CCC1C2. The lowest BCUT2D eigenvalue weighted by atomic mass is 9.87. The lowest BCUT2D eigenvalue weighted by Gasteiger charge is -2.31.